The molecule has 0 fully saturated rings. The third-order valence-corrected chi connectivity index (χ3v) is 3.46. The molecule has 0 amide bonds. The second-order valence-electron chi connectivity index (χ2n) is 4.80. The SMILES string of the molecule is CCOc1cc(C=Nn2c(-c3ccncc3)n[nH]c2=S)ccc1O. The molecular weight excluding hydrogens is 326 g/mol. The second kappa shape index (κ2) is 7.05. The van der Waals surface area contributed by atoms with Gasteiger partial charge in [0.05, 0.1) is 12.8 Å². The van der Waals surface area contributed by atoms with Crippen molar-refractivity contribution < 1.29 is 9.84 Å². The molecule has 2 aromatic heterocycles. The van der Waals surface area contributed by atoms with Crippen LogP contribution in [0.4, 0.5) is 0 Å². The van der Waals surface area contributed by atoms with Gasteiger partial charge in [0.1, 0.15) is 0 Å². The van der Waals surface area contributed by atoms with E-state index in [2.05, 4.69) is 20.3 Å². The number of aromatic nitrogens is 4. The van der Waals surface area contributed by atoms with Crippen LogP contribution >= 0.6 is 12.2 Å². The van der Waals surface area contributed by atoms with Crippen LogP contribution in [-0.4, -0.2) is 37.8 Å². The van der Waals surface area contributed by atoms with Crippen LogP contribution in [0.2, 0.25) is 0 Å². The fraction of sp³-hybridized carbons (Fsp3) is 0.125. The van der Waals surface area contributed by atoms with Crippen LogP contribution in [0.25, 0.3) is 11.4 Å². The van der Waals surface area contributed by atoms with Crippen molar-refractivity contribution in [3.63, 3.8) is 0 Å². The summed E-state index contributed by atoms with van der Waals surface area (Å²) in [4.78, 5) is 3.99. The van der Waals surface area contributed by atoms with Gasteiger partial charge in [-0.05, 0) is 55.0 Å². The number of phenols is 1. The van der Waals surface area contributed by atoms with Crippen LogP contribution in [0.15, 0.2) is 47.8 Å². The summed E-state index contributed by atoms with van der Waals surface area (Å²) in [6, 6.07) is 8.65. The average Bonchev–Trinajstić information content (AvgIpc) is 2.97. The summed E-state index contributed by atoms with van der Waals surface area (Å²) in [6.07, 6.45) is 4.98. The topological polar surface area (TPSA) is 88.3 Å². The number of aromatic hydroxyl groups is 1. The predicted octanol–water partition coefficient (Wildman–Crippen LogP) is 2.99. The van der Waals surface area contributed by atoms with Crippen LogP contribution in [-0.2, 0) is 0 Å². The van der Waals surface area contributed by atoms with Crippen LogP contribution in [0.1, 0.15) is 12.5 Å². The molecule has 0 radical (unpaired) electrons. The molecule has 24 heavy (non-hydrogen) atoms. The number of ether oxygens (including phenoxy) is 1. The first-order valence-electron chi connectivity index (χ1n) is 7.27. The number of nitrogens with zero attached hydrogens (tertiary/aromatic N) is 4. The first-order chi connectivity index (χ1) is 11.7. The fourth-order valence-corrected chi connectivity index (χ4v) is 2.27. The molecule has 0 bridgehead atoms. The number of hydrogen-bond acceptors (Lipinski definition) is 6. The maximum Gasteiger partial charge on any atom is 0.216 e. The lowest BCUT2D eigenvalue weighted by Gasteiger charge is -2.06. The van der Waals surface area contributed by atoms with E-state index in [-0.39, 0.29) is 5.75 Å². The molecular formula is C16H15N5O2S. The maximum absolute atomic E-state index is 9.74. The van der Waals surface area contributed by atoms with Gasteiger partial charge in [0, 0.05) is 18.0 Å². The zero-order chi connectivity index (χ0) is 16.9. The average molecular weight is 341 g/mol. The minimum Gasteiger partial charge on any atom is -0.504 e. The molecule has 0 saturated heterocycles. The van der Waals surface area contributed by atoms with Gasteiger partial charge in [-0.3, -0.25) is 4.98 Å². The van der Waals surface area contributed by atoms with E-state index in [0.29, 0.717) is 23.0 Å². The van der Waals surface area contributed by atoms with Crippen molar-refractivity contribution in [3.05, 3.63) is 53.1 Å². The summed E-state index contributed by atoms with van der Waals surface area (Å²) in [6.45, 7) is 2.32. The fourth-order valence-electron chi connectivity index (χ4n) is 2.09. The van der Waals surface area contributed by atoms with Gasteiger partial charge in [-0.2, -0.15) is 14.9 Å². The smallest absolute Gasteiger partial charge is 0.216 e. The van der Waals surface area contributed by atoms with E-state index in [4.69, 9.17) is 17.0 Å². The molecule has 0 aliphatic carbocycles. The largest absolute Gasteiger partial charge is 0.504 e. The summed E-state index contributed by atoms with van der Waals surface area (Å²) in [7, 11) is 0. The highest BCUT2D eigenvalue weighted by atomic mass is 32.1. The highest BCUT2D eigenvalue weighted by Crippen LogP contribution is 2.26. The van der Waals surface area contributed by atoms with Crippen molar-refractivity contribution in [2.24, 2.45) is 5.10 Å². The molecule has 1 aromatic carbocycles. The summed E-state index contributed by atoms with van der Waals surface area (Å²) in [5.41, 5.74) is 1.61. The lowest BCUT2D eigenvalue weighted by molar-refractivity contribution is 0.318. The minimum atomic E-state index is 0.0893. The first kappa shape index (κ1) is 15.9. The number of aromatic amines is 1. The monoisotopic (exact) mass is 341 g/mol. The summed E-state index contributed by atoms with van der Waals surface area (Å²) < 4.78 is 7.27. The molecule has 0 aliphatic rings. The van der Waals surface area contributed by atoms with Crippen LogP contribution in [0.3, 0.4) is 0 Å². The van der Waals surface area contributed by atoms with Gasteiger partial charge in [0.25, 0.3) is 0 Å². The van der Waals surface area contributed by atoms with Crippen LogP contribution in [0, 0.1) is 4.77 Å². The van der Waals surface area contributed by atoms with E-state index in [1.54, 1.807) is 36.8 Å². The highest BCUT2D eigenvalue weighted by molar-refractivity contribution is 7.71. The zero-order valence-corrected chi connectivity index (χ0v) is 13.7. The molecule has 2 heterocycles. The Labute approximate surface area is 143 Å². The van der Waals surface area contributed by atoms with E-state index in [1.165, 1.54) is 4.68 Å². The molecule has 3 aromatic rings. The Kier molecular flexibility index (Phi) is 4.66. The Morgan fingerprint density at radius 1 is 1.33 bits per heavy atom. The summed E-state index contributed by atoms with van der Waals surface area (Å²) in [5, 5.41) is 21.1. The van der Waals surface area contributed by atoms with E-state index >= 15 is 0 Å². The third-order valence-electron chi connectivity index (χ3n) is 3.19. The van der Waals surface area contributed by atoms with Crippen molar-refractivity contribution >= 4 is 18.4 Å². The quantitative estimate of drug-likeness (QED) is 0.550. The van der Waals surface area contributed by atoms with Gasteiger partial charge in [0.2, 0.25) is 4.77 Å². The molecule has 0 spiro atoms. The molecule has 3 rings (SSSR count). The molecule has 7 nitrogen and oxygen atoms in total. The number of benzene rings is 1. The third kappa shape index (κ3) is 3.33. The van der Waals surface area contributed by atoms with E-state index < -0.39 is 0 Å². The molecule has 0 atom stereocenters. The lowest BCUT2D eigenvalue weighted by Crippen LogP contribution is -1.96. The van der Waals surface area contributed by atoms with E-state index in [9.17, 15) is 5.11 Å². The zero-order valence-electron chi connectivity index (χ0n) is 12.9. The lowest BCUT2D eigenvalue weighted by atomic mass is 10.2. The Morgan fingerprint density at radius 3 is 2.88 bits per heavy atom. The number of phenolic OH excluding ortho intramolecular Hbond substituents is 1. The second-order valence-corrected chi connectivity index (χ2v) is 5.19. The Hall–Kier alpha value is -3.00. The van der Waals surface area contributed by atoms with Crippen molar-refractivity contribution in [2.75, 3.05) is 6.61 Å². The highest BCUT2D eigenvalue weighted by Gasteiger charge is 2.08. The van der Waals surface area contributed by atoms with Gasteiger partial charge in [-0.15, -0.1) is 0 Å². The number of pyridine rings is 1. The summed E-state index contributed by atoms with van der Waals surface area (Å²) in [5.74, 6) is 1.08. The minimum absolute atomic E-state index is 0.0893. The molecule has 0 aliphatic heterocycles. The first-order valence-corrected chi connectivity index (χ1v) is 7.68. The number of hydrogen-bond donors (Lipinski definition) is 2. The van der Waals surface area contributed by atoms with Gasteiger partial charge in [-0.25, -0.2) is 5.10 Å². The van der Waals surface area contributed by atoms with Crippen molar-refractivity contribution in [2.45, 2.75) is 6.92 Å². The van der Waals surface area contributed by atoms with Gasteiger partial charge in [-0.1, -0.05) is 0 Å². The molecule has 2 N–H and O–H groups in total. The van der Waals surface area contributed by atoms with E-state index in [0.717, 1.165) is 11.1 Å². The van der Waals surface area contributed by atoms with Gasteiger partial charge in [0.15, 0.2) is 17.3 Å². The number of H-pyrrole nitrogens is 1. The molecule has 8 heteroatoms. The van der Waals surface area contributed by atoms with Crippen molar-refractivity contribution in [3.8, 4) is 22.9 Å². The Bertz CT molecular complexity index is 918. The van der Waals surface area contributed by atoms with Crippen LogP contribution in [0.5, 0.6) is 11.5 Å². The molecule has 122 valence electrons. The molecule has 0 saturated carbocycles. The van der Waals surface area contributed by atoms with Crippen molar-refractivity contribution in [1.82, 2.24) is 19.9 Å². The van der Waals surface area contributed by atoms with Crippen LogP contribution < -0.4 is 4.74 Å². The normalized spacial score (nSPS) is 11.0. The standard InChI is InChI=1S/C16H15N5O2S/c1-2-23-14-9-11(3-4-13(14)22)10-18-21-15(19-20-16(21)24)12-5-7-17-8-6-12/h3-10,22H,2H2,1H3,(H,20,24). The van der Waals surface area contributed by atoms with Crippen molar-refractivity contribution in [1.29, 1.82) is 0 Å². The molecule has 0 unspecified atom stereocenters. The predicted molar refractivity (Wildman–Crippen MR) is 92.9 cm³/mol. The Morgan fingerprint density at radius 2 is 2.12 bits per heavy atom. The van der Waals surface area contributed by atoms with Gasteiger partial charge >= 0.3 is 0 Å². The Balaban J connectivity index is 1.95. The number of nitrogens with one attached hydrogen (secondary N) is 1. The number of rotatable bonds is 5. The van der Waals surface area contributed by atoms with E-state index in [1.807, 2.05) is 19.1 Å². The maximum atomic E-state index is 9.74. The van der Waals surface area contributed by atoms with Gasteiger partial charge < -0.3 is 9.84 Å². The summed E-state index contributed by atoms with van der Waals surface area (Å²) >= 11 is 5.23.